The lowest BCUT2D eigenvalue weighted by Gasteiger charge is -2.17. The number of hydrogen-bond donors (Lipinski definition) is 0. The first-order chi connectivity index (χ1) is 14.5. The number of carbonyl (C=O) groups is 1. The molecule has 0 unspecified atom stereocenters. The predicted octanol–water partition coefficient (Wildman–Crippen LogP) is 3.43. The first kappa shape index (κ1) is 21.2. The Labute approximate surface area is 176 Å². The molecular formula is C23H27N3O4. The van der Waals surface area contributed by atoms with Crippen LogP contribution in [0.1, 0.15) is 16.1 Å². The Morgan fingerprint density at radius 2 is 1.77 bits per heavy atom. The Hall–Kier alpha value is -3.48. The number of aryl methyl sites for hydroxylation is 1. The van der Waals surface area contributed by atoms with Gasteiger partial charge in [0.25, 0.3) is 5.91 Å². The van der Waals surface area contributed by atoms with Crippen LogP contribution >= 0.6 is 0 Å². The zero-order chi connectivity index (χ0) is 21.7. The second kappa shape index (κ2) is 9.35. The van der Waals surface area contributed by atoms with Crippen LogP contribution in [0.5, 0.6) is 17.2 Å². The molecule has 1 amide bonds. The second-order valence-electron chi connectivity index (χ2n) is 6.94. The Morgan fingerprint density at radius 3 is 2.47 bits per heavy atom. The number of aromatic nitrogens is 2. The lowest BCUT2D eigenvalue weighted by molar-refractivity contribution is 0.0786. The second-order valence-corrected chi connectivity index (χ2v) is 6.94. The molecule has 0 aliphatic carbocycles. The number of hydrogen-bond acceptors (Lipinski definition) is 5. The average Bonchev–Trinajstić information content (AvgIpc) is 3.18. The lowest BCUT2D eigenvalue weighted by atomic mass is 10.1. The van der Waals surface area contributed by atoms with Crippen molar-refractivity contribution in [1.82, 2.24) is 14.7 Å². The maximum absolute atomic E-state index is 13.0. The predicted molar refractivity (Wildman–Crippen MR) is 115 cm³/mol. The Kier molecular flexibility index (Phi) is 6.61. The van der Waals surface area contributed by atoms with E-state index in [-0.39, 0.29) is 5.91 Å². The number of carbonyl (C=O) groups excluding carboxylic acids is 1. The molecule has 1 heterocycles. The van der Waals surface area contributed by atoms with E-state index in [2.05, 4.69) is 5.10 Å². The fourth-order valence-electron chi connectivity index (χ4n) is 3.22. The molecule has 0 saturated carbocycles. The molecule has 0 aliphatic heterocycles. The highest BCUT2D eigenvalue weighted by Gasteiger charge is 2.18. The van der Waals surface area contributed by atoms with E-state index in [1.54, 1.807) is 45.0 Å². The van der Waals surface area contributed by atoms with Crippen molar-refractivity contribution in [3.63, 3.8) is 0 Å². The highest BCUT2D eigenvalue weighted by atomic mass is 16.5. The van der Waals surface area contributed by atoms with Crippen molar-refractivity contribution in [2.75, 3.05) is 34.9 Å². The molecule has 0 saturated heterocycles. The molecule has 0 fully saturated rings. The molecule has 2 aromatic carbocycles. The van der Waals surface area contributed by atoms with Crippen LogP contribution in [0.15, 0.2) is 48.5 Å². The van der Waals surface area contributed by atoms with E-state index in [1.807, 2.05) is 48.5 Å². The molecule has 1 aromatic heterocycles. The number of rotatable bonds is 8. The SMILES string of the molecule is COc1cccc(-c2cc(C(=O)N(C)CCc3ccc(OC)c(OC)c3)n(C)n2)c1. The topological polar surface area (TPSA) is 65.8 Å². The summed E-state index contributed by atoms with van der Waals surface area (Å²) in [6.07, 6.45) is 0.698. The van der Waals surface area contributed by atoms with Gasteiger partial charge in [-0.1, -0.05) is 18.2 Å². The molecule has 158 valence electrons. The van der Waals surface area contributed by atoms with Crippen molar-refractivity contribution < 1.29 is 19.0 Å². The van der Waals surface area contributed by atoms with E-state index >= 15 is 0 Å². The van der Waals surface area contributed by atoms with Crippen LogP contribution in [0, 0.1) is 0 Å². The molecule has 3 rings (SSSR count). The molecule has 0 N–H and O–H groups in total. The molecule has 0 radical (unpaired) electrons. The van der Waals surface area contributed by atoms with Gasteiger partial charge in [-0.2, -0.15) is 5.10 Å². The summed E-state index contributed by atoms with van der Waals surface area (Å²) in [5.74, 6) is 2.03. The zero-order valence-electron chi connectivity index (χ0n) is 18.0. The molecule has 7 heteroatoms. The third-order valence-electron chi connectivity index (χ3n) is 4.99. The molecule has 30 heavy (non-hydrogen) atoms. The number of likely N-dealkylation sites (N-methyl/N-ethyl adjacent to an activating group) is 1. The summed E-state index contributed by atoms with van der Waals surface area (Å²) in [6, 6.07) is 15.2. The lowest BCUT2D eigenvalue weighted by Crippen LogP contribution is -2.30. The molecule has 0 spiro atoms. The van der Waals surface area contributed by atoms with Crippen molar-refractivity contribution >= 4 is 5.91 Å². The first-order valence-electron chi connectivity index (χ1n) is 9.61. The first-order valence-corrected chi connectivity index (χ1v) is 9.61. The van der Waals surface area contributed by atoms with E-state index in [0.717, 1.165) is 22.6 Å². The summed E-state index contributed by atoms with van der Waals surface area (Å²) in [4.78, 5) is 14.7. The maximum atomic E-state index is 13.0. The van der Waals surface area contributed by atoms with Crippen molar-refractivity contribution in [3.8, 4) is 28.5 Å². The van der Waals surface area contributed by atoms with Crippen LogP contribution in [0.2, 0.25) is 0 Å². The zero-order valence-corrected chi connectivity index (χ0v) is 18.0. The minimum Gasteiger partial charge on any atom is -0.497 e. The van der Waals surface area contributed by atoms with Gasteiger partial charge >= 0.3 is 0 Å². The fourth-order valence-corrected chi connectivity index (χ4v) is 3.22. The Balaban J connectivity index is 1.71. The smallest absolute Gasteiger partial charge is 0.271 e. The van der Waals surface area contributed by atoms with Gasteiger partial charge in [0, 0.05) is 26.2 Å². The highest BCUT2D eigenvalue weighted by molar-refractivity contribution is 5.93. The van der Waals surface area contributed by atoms with Gasteiger partial charge in [0.15, 0.2) is 11.5 Å². The molecular weight excluding hydrogens is 382 g/mol. The van der Waals surface area contributed by atoms with Gasteiger partial charge < -0.3 is 19.1 Å². The van der Waals surface area contributed by atoms with Gasteiger partial charge in [-0.25, -0.2) is 0 Å². The van der Waals surface area contributed by atoms with E-state index in [9.17, 15) is 4.79 Å². The maximum Gasteiger partial charge on any atom is 0.271 e. The van der Waals surface area contributed by atoms with Crippen LogP contribution in [0.3, 0.4) is 0 Å². The van der Waals surface area contributed by atoms with Crippen LogP contribution in [-0.4, -0.2) is 55.5 Å². The third kappa shape index (κ3) is 4.56. The average molecular weight is 409 g/mol. The van der Waals surface area contributed by atoms with Crippen LogP contribution < -0.4 is 14.2 Å². The summed E-state index contributed by atoms with van der Waals surface area (Å²) in [5.41, 5.74) is 3.22. The summed E-state index contributed by atoms with van der Waals surface area (Å²) in [5, 5.41) is 4.50. The monoisotopic (exact) mass is 409 g/mol. The standard InChI is InChI=1S/C23H27N3O4/c1-25(12-11-16-9-10-21(29-4)22(13-16)30-5)23(27)20-15-19(24-26(20)2)17-7-6-8-18(14-17)28-3/h6-10,13-15H,11-12H2,1-5H3. The van der Waals surface area contributed by atoms with Crippen molar-refractivity contribution in [1.29, 1.82) is 0 Å². The van der Waals surface area contributed by atoms with Gasteiger partial charge in [0.05, 0.1) is 27.0 Å². The minimum absolute atomic E-state index is 0.0837. The molecule has 0 atom stereocenters. The summed E-state index contributed by atoms with van der Waals surface area (Å²) in [7, 11) is 8.41. The molecule has 0 bridgehead atoms. The number of amides is 1. The van der Waals surface area contributed by atoms with E-state index < -0.39 is 0 Å². The van der Waals surface area contributed by atoms with Gasteiger partial charge in [-0.05, 0) is 42.3 Å². The normalized spacial score (nSPS) is 10.6. The number of ether oxygens (including phenoxy) is 3. The largest absolute Gasteiger partial charge is 0.497 e. The number of benzene rings is 2. The quantitative estimate of drug-likeness (QED) is 0.570. The van der Waals surface area contributed by atoms with Crippen LogP contribution in [0.4, 0.5) is 0 Å². The highest BCUT2D eigenvalue weighted by Crippen LogP contribution is 2.28. The van der Waals surface area contributed by atoms with Crippen molar-refractivity contribution in [3.05, 3.63) is 59.8 Å². The minimum atomic E-state index is -0.0837. The van der Waals surface area contributed by atoms with Gasteiger partial charge in [-0.3, -0.25) is 9.48 Å². The summed E-state index contributed by atoms with van der Waals surface area (Å²) >= 11 is 0. The van der Waals surface area contributed by atoms with Crippen LogP contribution in [-0.2, 0) is 13.5 Å². The molecule has 7 nitrogen and oxygen atoms in total. The summed E-state index contributed by atoms with van der Waals surface area (Å²) < 4.78 is 17.5. The van der Waals surface area contributed by atoms with E-state index in [0.29, 0.717) is 30.2 Å². The van der Waals surface area contributed by atoms with Gasteiger partial charge in [-0.15, -0.1) is 0 Å². The van der Waals surface area contributed by atoms with Gasteiger partial charge in [0.2, 0.25) is 0 Å². The van der Waals surface area contributed by atoms with E-state index in [1.165, 1.54) is 0 Å². The van der Waals surface area contributed by atoms with Crippen LogP contribution in [0.25, 0.3) is 11.3 Å². The number of methoxy groups -OCH3 is 3. The third-order valence-corrected chi connectivity index (χ3v) is 4.99. The molecule has 3 aromatic rings. The fraction of sp³-hybridized carbons (Fsp3) is 0.304. The van der Waals surface area contributed by atoms with Crippen molar-refractivity contribution in [2.45, 2.75) is 6.42 Å². The Morgan fingerprint density at radius 1 is 1.00 bits per heavy atom. The van der Waals surface area contributed by atoms with E-state index in [4.69, 9.17) is 14.2 Å². The number of nitrogens with zero attached hydrogens (tertiary/aromatic N) is 3. The molecule has 0 aliphatic rings. The van der Waals surface area contributed by atoms with Gasteiger partial charge in [0.1, 0.15) is 11.4 Å². The Bertz CT molecular complexity index is 1030. The summed E-state index contributed by atoms with van der Waals surface area (Å²) in [6.45, 7) is 0.563. The van der Waals surface area contributed by atoms with Crippen molar-refractivity contribution in [2.24, 2.45) is 7.05 Å².